The summed E-state index contributed by atoms with van der Waals surface area (Å²) in [4.78, 5) is 55.2. The smallest absolute Gasteiger partial charge is 0.328 e. The van der Waals surface area contributed by atoms with E-state index in [4.69, 9.17) is 14.2 Å². The van der Waals surface area contributed by atoms with Gasteiger partial charge < -0.3 is 19.1 Å². The number of benzene rings is 2. The summed E-state index contributed by atoms with van der Waals surface area (Å²) in [5, 5.41) is 4.59. The van der Waals surface area contributed by atoms with Crippen molar-refractivity contribution in [3.63, 3.8) is 0 Å². The summed E-state index contributed by atoms with van der Waals surface area (Å²) < 4.78 is 16.8. The number of barbiturate groups is 1. The molecule has 5 amide bonds. The van der Waals surface area contributed by atoms with Crippen molar-refractivity contribution in [3.05, 3.63) is 60.2 Å². The third kappa shape index (κ3) is 4.56. The van der Waals surface area contributed by atoms with Crippen LogP contribution >= 0.6 is 0 Å². The number of carbonyl (C=O) groups excluding carboxylic acids is 4. The van der Waals surface area contributed by atoms with Crippen molar-refractivity contribution in [2.24, 2.45) is 5.41 Å². The zero-order valence-corrected chi connectivity index (χ0v) is 21.4. The first kappa shape index (κ1) is 25.5. The van der Waals surface area contributed by atoms with Gasteiger partial charge in [0.25, 0.3) is 17.7 Å². The molecule has 0 bridgehead atoms. The fraction of sp³-hybridized carbons (Fsp3) is 0.429. The number of hydrogen-bond acceptors (Lipinski definition) is 8. The van der Waals surface area contributed by atoms with Crippen molar-refractivity contribution >= 4 is 23.8 Å². The van der Waals surface area contributed by atoms with E-state index in [-0.39, 0.29) is 17.9 Å². The Morgan fingerprint density at radius 1 is 0.872 bits per heavy atom. The first-order chi connectivity index (χ1) is 18.9. The van der Waals surface area contributed by atoms with Gasteiger partial charge in [0.2, 0.25) is 5.54 Å². The second-order valence-corrected chi connectivity index (χ2v) is 10.5. The van der Waals surface area contributed by atoms with Crippen LogP contribution in [0.15, 0.2) is 54.6 Å². The van der Waals surface area contributed by atoms with E-state index >= 15 is 0 Å². The zero-order chi connectivity index (χ0) is 27.0. The van der Waals surface area contributed by atoms with Gasteiger partial charge in [0.15, 0.2) is 6.10 Å². The van der Waals surface area contributed by atoms with E-state index in [1.165, 1.54) is 0 Å². The zero-order valence-electron chi connectivity index (χ0n) is 21.4. The number of nitrogens with one attached hydrogen (secondary N) is 2. The van der Waals surface area contributed by atoms with Crippen LogP contribution < -0.4 is 15.4 Å². The largest absolute Gasteiger partial charge is 0.457 e. The number of rotatable bonds is 5. The minimum absolute atomic E-state index is 0.0541. The lowest BCUT2D eigenvalue weighted by molar-refractivity contribution is -0.173. The molecule has 39 heavy (non-hydrogen) atoms. The number of para-hydroxylation sites is 1. The monoisotopic (exact) mass is 534 g/mol. The number of likely N-dealkylation sites (tertiary alicyclic amines) is 2. The first-order valence-corrected chi connectivity index (χ1v) is 13.1. The molecule has 204 valence electrons. The van der Waals surface area contributed by atoms with Crippen LogP contribution in [0, 0.1) is 5.41 Å². The van der Waals surface area contributed by atoms with Crippen LogP contribution in [0.4, 0.5) is 4.79 Å². The first-order valence-electron chi connectivity index (χ1n) is 13.1. The summed E-state index contributed by atoms with van der Waals surface area (Å²) in [5.41, 5.74) is -1.33. The van der Waals surface area contributed by atoms with Crippen LogP contribution in [0.25, 0.3) is 0 Å². The molecule has 4 aliphatic heterocycles. The van der Waals surface area contributed by atoms with Crippen LogP contribution in [-0.2, 0) is 29.4 Å². The maximum Gasteiger partial charge on any atom is 0.328 e. The summed E-state index contributed by atoms with van der Waals surface area (Å²) in [5.74, 6) is -0.193. The van der Waals surface area contributed by atoms with Gasteiger partial charge in [-0.2, -0.15) is 0 Å². The highest BCUT2D eigenvalue weighted by molar-refractivity contribution is 6.22. The molecule has 0 saturated carbocycles. The predicted octanol–water partition coefficient (Wildman–Crippen LogP) is 1.38. The molecule has 0 radical (unpaired) electrons. The molecule has 0 aliphatic carbocycles. The minimum Gasteiger partial charge on any atom is -0.457 e. The van der Waals surface area contributed by atoms with E-state index in [0.29, 0.717) is 69.3 Å². The Hall–Kier alpha value is -3.80. The van der Waals surface area contributed by atoms with Gasteiger partial charge in [0.05, 0.1) is 19.8 Å². The molecule has 2 aromatic rings. The predicted molar refractivity (Wildman–Crippen MR) is 137 cm³/mol. The van der Waals surface area contributed by atoms with Crippen molar-refractivity contribution < 1.29 is 33.4 Å². The lowest BCUT2D eigenvalue weighted by Gasteiger charge is -2.56. The van der Waals surface area contributed by atoms with Gasteiger partial charge in [-0.1, -0.05) is 30.3 Å². The van der Waals surface area contributed by atoms with Gasteiger partial charge in [-0.05, 0) is 42.7 Å². The maximum absolute atomic E-state index is 13.4. The molecule has 11 heteroatoms. The van der Waals surface area contributed by atoms with E-state index in [9.17, 15) is 19.2 Å². The number of piperidine rings is 1. The number of amides is 5. The quantitative estimate of drug-likeness (QED) is 0.551. The molecule has 1 atom stereocenters. The summed E-state index contributed by atoms with van der Waals surface area (Å²) in [7, 11) is 0. The maximum atomic E-state index is 13.4. The van der Waals surface area contributed by atoms with Crippen molar-refractivity contribution in [2.45, 2.75) is 24.5 Å². The van der Waals surface area contributed by atoms with E-state index < -0.39 is 29.5 Å². The second-order valence-electron chi connectivity index (χ2n) is 10.5. The van der Waals surface area contributed by atoms with Gasteiger partial charge in [-0.25, -0.2) is 4.79 Å². The van der Waals surface area contributed by atoms with Crippen LogP contribution in [-0.4, -0.2) is 85.7 Å². The van der Waals surface area contributed by atoms with E-state index in [1.807, 2.05) is 35.2 Å². The average molecular weight is 535 g/mol. The summed E-state index contributed by atoms with van der Waals surface area (Å²) >= 11 is 0. The number of urea groups is 1. The molecular weight excluding hydrogens is 504 g/mol. The number of nitrogens with zero attached hydrogens (tertiary/aromatic N) is 2. The highest BCUT2D eigenvalue weighted by Gasteiger charge is 2.58. The molecule has 4 saturated heterocycles. The SMILES string of the molecule is O=C1NC(=O)C(c2ccc(Oc3ccccc3)cc2)(N2CCC3(CC2)CN(C(=O)C2COCCO2)C3)C(=O)N1. The molecule has 1 unspecified atom stereocenters. The standard InChI is InChI=1S/C28H30N4O7/c33-23(22-16-37-14-15-38-22)31-17-27(18-31)10-12-32(13-11-27)28(24(34)29-26(36)30-25(28)35)19-6-8-21(9-7-19)39-20-4-2-1-3-5-20/h1-9,22H,10-18H2,(H2,29,30,34,35,36). The van der Waals surface area contributed by atoms with E-state index in [0.717, 1.165) is 0 Å². The highest BCUT2D eigenvalue weighted by atomic mass is 16.6. The Balaban J connectivity index is 1.18. The molecule has 6 rings (SSSR count). The minimum atomic E-state index is -1.70. The van der Waals surface area contributed by atoms with E-state index in [1.54, 1.807) is 29.2 Å². The Morgan fingerprint density at radius 3 is 2.13 bits per heavy atom. The lowest BCUT2D eigenvalue weighted by Crippen LogP contribution is -2.73. The van der Waals surface area contributed by atoms with E-state index in [2.05, 4.69) is 10.6 Å². The van der Waals surface area contributed by atoms with Gasteiger partial charge in [-0.15, -0.1) is 0 Å². The number of ether oxygens (including phenoxy) is 3. The fourth-order valence-electron chi connectivity index (χ4n) is 6.03. The molecule has 4 aliphatic rings. The Labute approximate surface area is 225 Å². The molecule has 4 heterocycles. The third-order valence-corrected chi connectivity index (χ3v) is 8.12. The van der Waals surface area contributed by atoms with Gasteiger partial charge in [0.1, 0.15) is 11.5 Å². The highest BCUT2D eigenvalue weighted by Crippen LogP contribution is 2.44. The van der Waals surface area contributed by atoms with Gasteiger partial charge >= 0.3 is 6.03 Å². The molecule has 4 fully saturated rings. The van der Waals surface area contributed by atoms with Crippen LogP contribution in [0.2, 0.25) is 0 Å². The molecular formula is C28H30N4O7. The normalized spacial score (nSPS) is 24.5. The van der Waals surface area contributed by atoms with Crippen LogP contribution in [0.5, 0.6) is 11.5 Å². The van der Waals surface area contributed by atoms with Crippen molar-refractivity contribution in [3.8, 4) is 11.5 Å². The lowest BCUT2D eigenvalue weighted by atomic mass is 9.70. The van der Waals surface area contributed by atoms with Crippen molar-refractivity contribution in [1.29, 1.82) is 0 Å². The topological polar surface area (TPSA) is 127 Å². The number of carbonyl (C=O) groups is 4. The fourth-order valence-corrected chi connectivity index (χ4v) is 6.03. The Kier molecular flexibility index (Phi) is 6.57. The van der Waals surface area contributed by atoms with Crippen molar-refractivity contribution in [1.82, 2.24) is 20.4 Å². The molecule has 2 N–H and O–H groups in total. The summed E-state index contributed by atoms with van der Waals surface area (Å²) in [6.45, 7) is 3.30. The van der Waals surface area contributed by atoms with Crippen molar-refractivity contribution in [2.75, 3.05) is 46.0 Å². The average Bonchev–Trinajstić information content (AvgIpc) is 2.93. The molecule has 2 aromatic carbocycles. The Bertz CT molecular complexity index is 1240. The third-order valence-electron chi connectivity index (χ3n) is 8.12. The molecule has 0 aromatic heterocycles. The summed E-state index contributed by atoms with van der Waals surface area (Å²) in [6.07, 6.45) is 0.842. The summed E-state index contributed by atoms with van der Waals surface area (Å²) in [6, 6.07) is 15.2. The van der Waals surface area contributed by atoms with Crippen LogP contribution in [0.1, 0.15) is 18.4 Å². The Morgan fingerprint density at radius 2 is 1.51 bits per heavy atom. The number of hydrogen-bond donors (Lipinski definition) is 2. The van der Waals surface area contributed by atoms with Crippen LogP contribution in [0.3, 0.4) is 0 Å². The number of imide groups is 2. The molecule has 11 nitrogen and oxygen atoms in total. The molecule has 1 spiro atoms. The van der Waals surface area contributed by atoms with Gasteiger partial charge in [-0.3, -0.25) is 29.9 Å². The van der Waals surface area contributed by atoms with Gasteiger partial charge in [0, 0.05) is 31.6 Å². The second kappa shape index (κ2) is 10.1.